The molecule has 2 N–H and O–H groups in total. The molecular weight excluding hydrogens is 284 g/mol. The summed E-state index contributed by atoms with van der Waals surface area (Å²) in [7, 11) is 3.51. The van der Waals surface area contributed by atoms with E-state index in [-0.39, 0.29) is 5.91 Å². The standard InChI is InChI=1S/C15H18N4OS/c1-4-11-9-13(19(3)17-11)15(20)18(2)12-7-5-10(6-8-12)14(16)21/h5-9H,4H2,1-3H3,(H2,16,21). The molecule has 0 saturated carbocycles. The molecule has 1 heterocycles. The summed E-state index contributed by atoms with van der Waals surface area (Å²) in [4.78, 5) is 14.5. The van der Waals surface area contributed by atoms with Gasteiger partial charge >= 0.3 is 0 Å². The second kappa shape index (κ2) is 6.05. The first-order chi connectivity index (χ1) is 9.93. The van der Waals surface area contributed by atoms with E-state index in [0.29, 0.717) is 10.7 Å². The highest BCUT2D eigenvalue weighted by Crippen LogP contribution is 2.17. The van der Waals surface area contributed by atoms with Crippen LogP contribution in [0.15, 0.2) is 30.3 Å². The van der Waals surface area contributed by atoms with Crippen LogP contribution in [0.3, 0.4) is 0 Å². The van der Waals surface area contributed by atoms with Crippen molar-refractivity contribution < 1.29 is 4.79 Å². The largest absolute Gasteiger partial charge is 0.389 e. The number of amides is 1. The van der Waals surface area contributed by atoms with Gasteiger partial charge in [-0.25, -0.2) is 0 Å². The van der Waals surface area contributed by atoms with Gasteiger partial charge in [0.1, 0.15) is 10.7 Å². The van der Waals surface area contributed by atoms with Gasteiger partial charge in [-0.2, -0.15) is 5.10 Å². The van der Waals surface area contributed by atoms with Crippen molar-refractivity contribution in [3.05, 3.63) is 47.3 Å². The Morgan fingerprint density at radius 2 is 2.00 bits per heavy atom. The topological polar surface area (TPSA) is 64.2 Å². The summed E-state index contributed by atoms with van der Waals surface area (Å²) in [6.07, 6.45) is 0.799. The van der Waals surface area contributed by atoms with Gasteiger partial charge in [-0.1, -0.05) is 19.1 Å². The van der Waals surface area contributed by atoms with Crippen molar-refractivity contribution >= 4 is 28.8 Å². The van der Waals surface area contributed by atoms with E-state index in [2.05, 4.69) is 5.10 Å². The molecule has 5 nitrogen and oxygen atoms in total. The molecule has 2 aromatic rings. The van der Waals surface area contributed by atoms with Crippen molar-refractivity contribution in [3.63, 3.8) is 0 Å². The SMILES string of the molecule is CCc1cc(C(=O)N(C)c2ccc(C(N)=S)cc2)n(C)n1. The van der Waals surface area contributed by atoms with Crippen LogP contribution in [0.5, 0.6) is 0 Å². The number of thiocarbonyl (C=S) groups is 1. The minimum absolute atomic E-state index is 0.104. The lowest BCUT2D eigenvalue weighted by molar-refractivity contribution is 0.0984. The van der Waals surface area contributed by atoms with Crippen LogP contribution in [0, 0.1) is 0 Å². The normalized spacial score (nSPS) is 10.4. The zero-order valence-corrected chi connectivity index (χ0v) is 13.1. The van der Waals surface area contributed by atoms with E-state index in [0.717, 1.165) is 23.4 Å². The fourth-order valence-corrected chi connectivity index (χ4v) is 2.17. The summed E-state index contributed by atoms with van der Waals surface area (Å²) in [6, 6.07) is 9.08. The van der Waals surface area contributed by atoms with Crippen molar-refractivity contribution in [2.75, 3.05) is 11.9 Å². The van der Waals surface area contributed by atoms with Gasteiger partial charge in [0.05, 0.1) is 5.69 Å². The molecule has 6 heteroatoms. The molecule has 0 atom stereocenters. The molecule has 1 aromatic carbocycles. The van der Waals surface area contributed by atoms with E-state index in [1.165, 1.54) is 0 Å². The molecule has 0 fully saturated rings. The monoisotopic (exact) mass is 302 g/mol. The number of nitrogens with two attached hydrogens (primary N) is 1. The maximum atomic E-state index is 12.5. The van der Waals surface area contributed by atoms with Crippen LogP contribution in [0.1, 0.15) is 28.7 Å². The van der Waals surface area contributed by atoms with Gasteiger partial charge in [-0.05, 0) is 36.8 Å². The Kier molecular flexibility index (Phi) is 4.37. The van der Waals surface area contributed by atoms with Crippen LogP contribution in [-0.4, -0.2) is 27.7 Å². The first-order valence-electron chi connectivity index (χ1n) is 6.65. The van der Waals surface area contributed by atoms with Gasteiger partial charge < -0.3 is 10.6 Å². The van der Waals surface area contributed by atoms with Crippen LogP contribution >= 0.6 is 12.2 Å². The van der Waals surface area contributed by atoms with Crippen LogP contribution in [0.4, 0.5) is 5.69 Å². The van der Waals surface area contributed by atoms with Crippen molar-refractivity contribution in [2.24, 2.45) is 12.8 Å². The number of hydrogen-bond donors (Lipinski definition) is 1. The van der Waals surface area contributed by atoms with E-state index in [4.69, 9.17) is 18.0 Å². The van der Waals surface area contributed by atoms with Gasteiger partial charge in [-0.15, -0.1) is 0 Å². The smallest absolute Gasteiger partial charge is 0.276 e. The number of aromatic nitrogens is 2. The fourth-order valence-electron chi connectivity index (χ4n) is 2.04. The molecule has 0 aliphatic rings. The van der Waals surface area contributed by atoms with Crippen LogP contribution in [-0.2, 0) is 13.5 Å². The minimum atomic E-state index is -0.104. The quantitative estimate of drug-likeness (QED) is 0.876. The molecule has 21 heavy (non-hydrogen) atoms. The maximum absolute atomic E-state index is 12.5. The van der Waals surface area contributed by atoms with E-state index < -0.39 is 0 Å². The van der Waals surface area contributed by atoms with Crippen molar-refractivity contribution in [2.45, 2.75) is 13.3 Å². The van der Waals surface area contributed by atoms with E-state index >= 15 is 0 Å². The number of hydrogen-bond acceptors (Lipinski definition) is 3. The van der Waals surface area contributed by atoms with Crippen molar-refractivity contribution in [1.82, 2.24) is 9.78 Å². The summed E-state index contributed by atoms with van der Waals surface area (Å²) in [5, 5.41) is 4.30. The zero-order chi connectivity index (χ0) is 15.6. The highest BCUT2D eigenvalue weighted by atomic mass is 32.1. The molecule has 1 aromatic heterocycles. The predicted octanol–water partition coefficient (Wildman–Crippen LogP) is 1.89. The molecule has 110 valence electrons. The third-order valence-corrected chi connectivity index (χ3v) is 3.59. The first kappa shape index (κ1) is 15.2. The number of nitrogens with zero attached hydrogens (tertiary/aromatic N) is 3. The van der Waals surface area contributed by atoms with E-state index in [1.54, 1.807) is 23.7 Å². The third-order valence-electron chi connectivity index (χ3n) is 3.36. The second-order valence-corrected chi connectivity index (χ2v) is 5.21. The molecule has 0 aliphatic carbocycles. The Morgan fingerprint density at radius 1 is 1.38 bits per heavy atom. The molecule has 0 spiro atoms. The highest BCUT2D eigenvalue weighted by molar-refractivity contribution is 7.80. The molecular formula is C15H18N4OS. The first-order valence-corrected chi connectivity index (χ1v) is 7.05. The summed E-state index contributed by atoms with van der Waals surface area (Å²) in [5.41, 5.74) is 8.59. The van der Waals surface area contributed by atoms with Gasteiger partial charge in [0, 0.05) is 25.3 Å². The minimum Gasteiger partial charge on any atom is -0.389 e. The number of carbonyl (C=O) groups is 1. The Hall–Kier alpha value is -2.21. The molecule has 2 rings (SSSR count). The van der Waals surface area contributed by atoms with E-state index in [9.17, 15) is 4.79 Å². The van der Waals surface area contributed by atoms with E-state index in [1.807, 2.05) is 37.3 Å². The number of anilines is 1. The zero-order valence-electron chi connectivity index (χ0n) is 12.3. The Bertz CT molecular complexity index is 675. The van der Waals surface area contributed by atoms with Crippen molar-refractivity contribution in [1.29, 1.82) is 0 Å². The summed E-state index contributed by atoms with van der Waals surface area (Å²) in [6.45, 7) is 2.01. The predicted molar refractivity (Wildman–Crippen MR) is 87.6 cm³/mol. The molecule has 0 saturated heterocycles. The molecule has 0 unspecified atom stereocenters. The average molecular weight is 302 g/mol. The lowest BCUT2D eigenvalue weighted by Crippen LogP contribution is -2.28. The van der Waals surface area contributed by atoms with Gasteiger partial charge in [0.25, 0.3) is 5.91 Å². The van der Waals surface area contributed by atoms with Crippen LogP contribution in [0.25, 0.3) is 0 Å². The van der Waals surface area contributed by atoms with Crippen molar-refractivity contribution in [3.8, 4) is 0 Å². The molecule has 0 radical (unpaired) electrons. The lowest BCUT2D eigenvalue weighted by atomic mass is 10.2. The lowest BCUT2D eigenvalue weighted by Gasteiger charge is -2.17. The Balaban J connectivity index is 2.25. The van der Waals surface area contributed by atoms with Gasteiger partial charge in [-0.3, -0.25) is 9.48 Å². The molecule has 0 aliphatic heterocycles. The average Bonchev–Trinajstić information content (AvgIpc) is 2.87. The van der Waals surface area contributed by atoms with Crippen LogP contribution < -0.4 is 10.6 Å². The number of carbonyl (C=O) groups excluding carboxylic acids is 1. The third kappa shape index (κ3) is 3.11. The Labute approximate surface area is 129 Å². The number of aryl methyl sites for hydroxylation is 2. The molecule has 1 amide bonds. The summed E-state index contributed by atoms with van der Waals surface area (Å²) >= 11 is 4.92. The van der Waals surface area contributed by atoms with Gasteiger partial charge in [0.15, 0.2) is 0 Å². The second-order valence-electron chi connectivity index (χ2n) is 4.77. The van der Waals surface area contributed by atoms with Gasteiger partial charge in [0.2, 0.25) is 0 Å². The fraction of sp³-hybridized carbons (Fsp3) is 0.267. The number of benzene rings is 1. The summed E-state index contributed by atoms with van der Waals surface area (Å²) in [5.74, 6) is -0.104. The number of rotatable bonds is 4. The highest BCUT2D eigenvalue weighted by Gasteiger charge is 2.18. The van der Waals surface area contributed by atoms with Crippen LogP contribution in [0.2, 0.25) is 0 Å². The summed E-state index contributed by atoms with van der Waals surface area (Å²) < 4.78 is 1.61. The maximum Gasteiger partial charge on any atom is 0.276 e. The molecule has 0 bridgehead atoms. The Morgan fingerprint density at radius 3 is 2.48 bits per heavy atom.